The van der Waals surface area contributed by atoms with Gasteiger partial charge in [-0.15, -0.1) is 5.10 Å². The van der Waals surface area contributed by atoms with Gasteiger partial charge in [0.15, 0.2) is 0 Å². The highest BCUT2D eigenvalue weighted by Gasteiger charge is 2.27. The van der Waals surface area contributed by atoms with E-state index in [1.165, 1.54) is 23.5 Å². The molecule has 1 saturated heterocycles. The first kappa shape index (κ1) is 19.7. The van der Waals surface area contributed by atoms with E-state index in [0.29, 0.717) is 41.5 Å². The summed E-state index contributed by atoms with van der Waals surface area (Å²) in [4.78, 5) is 13.1. The van der Waals surface area contributed by atoms with Gasteiger partial charge in [-0.25, -0.2) is 8.42 Å². The van der Waals surface area contributed by atoms with Crippen LogP contribution in [-0.4, -0.2) is 48.4 Å². The van der Waals surface area contributed by atoms with E-state index in [4.69, 9.17) is 4.74 Å². The number of amides is 1. The van der Waals surface area contributed by atoms with Gasteiger partial charge in [-0.1, -0.05) is 17.8 Å². The molecule has 1 amide bonds. The number of anilines is 1. The lowest BCUT2D eigenvalue weighted by atomic mass is 10.2. The SMILES string of the molecule is CCc1nnsc1C(=O)Nc1cc(S(=O)(=O)N2CCCCC2)ccc1OC. The Morgan fingerprint density at radius 2 is 2.04 bits per heavy atom. The number of aryl methyl sites for hydroxylation is 1. The fourth-order valence-corrected chi connectivity index (χ4v) is 5.18. The van der Waals surface area contributed by atoms with E-state index in [1.54, 1.807) is 6.07 Å². The highest BCUT2D eigenvalue weighted by Crippen LogP contribution is 2.30. The number of nitrogens with zero attached hydrogens (tertiary/aromatic N) is 3. The van der Waals surface area contributed by atoms with Crippen LogP contribution in [0.15, 0.2) is 23.1 Å². The third-order valence-corrected chi connectivity index (χ3v) is 7.13. The van der Waals surface area contributed by atoms with Crippen molar-refractivity contribution >= 4 is 33.2 Å². The number of carbonyl (C=O) groups excluding carboxylic acids is 1. The third kappa shape index (κ3) is 4.12. The highest BCUT2D eigenvalue weighted by atomic mass is 32.2. The van der Waals surface area contributed by atoms with Gasteiger partial charge in [-0.2, -0.15) is 4.31 Å². The Morgan fingerprint density at radius 3 is 2.70 bits per heavy atom. The standard InChI is InChI=1S/C17H22N4O4S2/c1-3-13-16(26-20-19-13)17(22)18-14-11-12(7-8-15(14)25-2)27(23,24)21-9-5-4-6-10-21/h7-8,11H,3-6,9-10H2,1-2H3,(H,18,22). The number of hydrogen-bond donors (Lipinski definition) is 1. The van der Waals surface area contributed by atoms with E-state index in [1.807, 2.05) is 6.92 Å². The molecule has 146 valence electrons. The predicted molar refractivity (Wildman–Crippen MR) is 103 cm³/mol. The Kier molecular flexibility index (Phi) is 6.08. The molecule has 1 aliphatic rings. The summed E-state index contributed by atoms with van der Waals surface area (Å²) in [5, 5.41) is 6.67. The van der Waals surface area contributed by atoms with Crippen molar-refractivity contribution in [2.24, 2.45) is 0 Å². The molecule has 0 unspecified atom stereocenters. The number of ether oxygens (including phenoxy) is 1. The zero-order valence-corrected chi connectivity index (χ0v) is 16.9. The van der Waals surface area contributed by atoms with E-state index < -0.39 is 10.0 Å². The molecule has 0 spiro atoms. The molecule has 1 aromatic heterocycles. The van der Waals surface area contributed by atoms with Gasteiger partial charge in [0.2, 0.25) is 10.0 Å². The first-order valence-electron chi connectivity index (χ1n) is 8.78. The number of hydrogen-bond acceptors (Lipinski definition) is 7. The van der Waals surface area contributed by atoms with E-state index in [2.05, 4.69) is 14.9 Å². The second-order valence-corrected chi connectivity index (χ2v) is 8.88. The third-order valence-electron chi connectivity index (χ3n) is 4.47. The quantitative estimate of drug-likeness (QED) is 0.785. The van der Waals surface area contributed by atoms with Crippen LogP contribution in [0.2, 0.25) is 0 Å². The van der Waals surface area contributed by atoms with Crippen molar-refractivity contribution < 1.29 is 17.9 Å². The van der Waals surface area contributed by atoms with Gasteiger partial charge in [0.1, 0.15) is 10.6 Å². The van der Waals surface area contributed by atoms with Gasteiger partial charge in [-0.05, 0) is 49.0 Å². The molecule has 1 fully saturated rings. The number of methoxy groups -OCH3 is 1. The van der Waals surface area contributed by atoms with Gasteiger partial charge >= 0.3 is 0 Å². The average Bonchev–Trinajstić information content (AvgIpc) is 3.17. The fourth-order valence-electron chi connectivity index (χ4n) is 2.99. The maximum absolute atomic E-state index is 12.9. The molecule has 27 heavy (non-hydrogen) atoms. The van der Waals surface area contributed by atoms with Crippen LogP contribution in [0.4, 0.5) is 5.69 Å². The van der Waals surface area contributed by atoms with E-state index in [0.717, 1.165) is 30.8 Å². The summed E-state index contributed by atoms with van der Waals surface area (Å²) < 4.78 is 36.4. The lowest BCUT2D eigenvalue weighted by Gasteiger charge is -2.26. The first-order valence-corrected chi connectivity index (χ1v) is 11.0. The zero-order valence-electron chi connectivity index (χ0n) is 15.3. The van der Waals surface area contributed by atoms with Gasteiger partial charge in [0.05, 0.1) is 23.4 Å². The van der Waals surface area contributed by atoms with Crippen molar-refractivity contribution in [1.82, 2.24) is 13.9 Å². The second kappa shape index (κ2) is 8.32. The molecule has 8 nitrogen and oxygen atoms in total. The van der Waals surface area contributed by atoms with Crippen molar-refractivity contribution in [3.63, 3.8) is 0 Å². The van der Waals surface area contributed by atoms with Crippen LogP contribution in [0.3, 0.4) is 0 Å². The van der Waals surface area contributed by atoms with Crippen LogP contribution < -0.4 is 10.1 Å². The van der Waals surface area contributed by atoms with Crippen molar-refractivity contribution in [2.75, 3.05) is 25.5 Å². The molecular weight excluding hydrogens is 388 g/mol. The first-order chi connectivity index (χ1) is 13.0. The van der Waals surface area contributed by atoms with Crippen LogP contribution in [0, 0.1) is 0 Å². The van der Waals surface area contributed by atoms with Crippen LogP contribution in [-0.2, 0) is 16.4 Å². The Balaban J connectivity index is 1.91. The molecule has 1 aliphatic heterocycles. The van der Waals surface area contributed by atoms with E-state index in [-0.39, 0.29) is 10.8 Å². The molecular formula is C17H22N4O4S2. The van der Waals surface area contributed by atoms with Gasteiger partial charge in [0, 0.05) is 13.1 Å². The molecule has 0 saturated carbocycles. The topological polar surface area (TPSA) is 101 Å². The summed E-state index contributed by atoms with van der Waals surface area (Å²) in [6, 6.07) is 4.50. The van der Waals surface area contributed by atoms with E-state index in [9.17, 15) is 13.2 Å². The smallest absolute Gasteiger partial charge is 0.269 e. The number of sulfonamides is 1. The molecule has 10 heteroatoms. The maximum atomic E-state index is 12.9. The number of nitrogens with one attached hydrogen (secondary N) is 1. The van der Waals surface area contributed by atoms with Crippen LogP contribution >= 0.6 is 11.5 Å². The molecule has 0 atom stereocenters. The van der Waals surface area contributed by atoms with Crippen LogP contribution in [0.25, 0.3) is 0 Å². The van der Waals surface area contributed by atoms with Crippen molar-refractivity contribution in [3.05, 3.63) is 28.8 Å². The fraction of sp³-hybridized carbons (Fsp3) is 0.471. The maximum Gasteiger partial charge on any atom is 0.269 e. The monoisotopic (exact) mass is 410 g/mol. The molecule has 0 radical (unpaired) electrons. The summed E-state index contributed by atoms with van der Waals surface area (Å²) in [5.41, 5.74) is 0.907. The lowest BCUT2D eigenvalue weighted by Crippen LogP contribution is -2.35. The highest BCUT2D eigenvalue weighted by molar-refractivity contribution is 7.89. The van der Waals surface area contributed by atoms with Crippen LogP contribution in [0.5, 0.6) is 5.75 Å². The molecule has 2 heterocycles. The normalized spacial score (nSPS) is 15.5. The average molecular weight is 411 g/mol. The number of rotatable bonds is 6. The molecule has 2 aromatic rings. The molecule has 3 rings (SSSR count). The lowest BCUT2D eigenvalue weighted by molar-refractivity contribution is 0.102. The second-order valence-electron chi connectivity index (χ2n) is 6.18. The largest absolute Gasteiger partial charge is 0.495 e. The van der Waals surface area contributed by atoms with Gasteiger partial charge in [-0.3, -0.25) is 4.79 Å². The van der Waals surface area contributed by atoms with Crippen LogP contribution in [0.1, 0.15) is 41.6 Å². The Hall–Kier alpha value is -2.04. The minimum atomic E-state index is -3.61. The summed E-state index contributed by atoms with van der Waals surface area (Å²) >= 11 is 1.01. The van der Waals surface area contributed by atoms with Crippen molar-refractivity contribution in [2.45, 2.75) is 37.5 Å². The number of benzene rings is 1. The minimum Gasteiger partial charge on any atom is -0.495 e. The summed E-state index contributed by atoms with van der Waals surface area (Å²) in [6.45, 7) is 2.92. The molecule has 1 N–H and O–H groups in total. The summed E-state index contributed by atoms with van der Waals surface area (Å²) in [6.07, 6.45) is 3.34. The number of aromatic nitrogens is 2. The van der Waals surface area contributed by atoms with E-state index >= 15 is 0 Å². The summed E-state index contributed by atoms with van der Waals surface area (Å²) in [7, 11) is -2.14. The molecule has 0 bridgehead atoms. The number of piperidine rings is 1. The Morgan fingerprint density at radius 1 is 1.30 bits per heavy atom. The Bertz CT molecular complexity index is 921. The molecule has 1 aromatic carbocycles. The number of carbonyl (C=O) groups is 1. The molecule has 0 aliphatic carbocycles. The minimum absolute atomic E-state index is 0.138. The summed E-state index contributed by atoms with van der Waals surface area (Å²) in [5.74, 6) is 0.00383. The Labute approximate surface area is 162 Å². The predicted octanol–water partition coefficient (Wildman–Crippen LogP) is 2.54. The van der Waals surface area contributed by atoms with Crippen molar-refractivity contribution in [1.29, 1.82) is 0 Å². The van der Waals surface area contributed by atoms with Gasteiger partial charge < -0.3 is 10.1 Å². The van der Waals surface area contributed by atoms with Crippen molar-refractivity contribution in [3.8, 4) is 5.75 Å². The van der Waals surface area contributed by atoms with Gasteiger partial charge in [0.25, 0.3) is 5.91 Å². The zero-order chi connectivity index (χ0) is 19.4.